The molecule has 0 saturated heterocycles. The predicted molar refractivity (Wildman–Crippen MR) is 63.4 cm³/mol. The summed E-state index contributed by atoms with van der Waals surface area (Å²) in [7, 11) is 0. The Morgan fingerprint density at radius 3 is 2.60 bits per heavy atom. The van der Waals surface area contributed by atoms with Crippen molar-refractivity contribution in [3.63, 3.8) is 0 Å². The van der Waals surface area contributed by atoms with Crippen LogP contribution in [0.2, 0.25) is 5.02 Å². The van der Waals surface area contributed by atoms with Crippen LogP contribution in [0.15, 0.2) is 18.2 Å². The fourth-order valence-corrected chi connectivity index (χ4v) is 2.81. The second kappa shape index (κ2) is 3.80. The van der Waals surface area contributed by atoms with Gasteiger partial charge in [-0.05, 0) is 48.9 Å². The molecule has 2 aliphatic rings. The van der Waals surface area contributed by atoms with Crippen molar-refractivity contribution in [2.75, 3.05) is 0 Å². The standard InChI is InChI=1S/C13H16ClN/c14-11-5-4-9-7-13(8-10(9)6-11)15-12-2-1-3-12/h4-6,12-13,15H,1-3,7-8H2. The molecule has 1 aromatic rings. The predicted octanol–water partition coefficient (Wildman–Crippen LogP) is 2.95. The Hall–Kier alpha value is -0.530. The molecule has 1 nitrogen and oxygen atoms in total. The van der Waals surface area contributed by atoms with Crippen LogP contribution in [0.4, 0.5) is 0 Å². The van der Waals surface area contributed by atoms with Gasteiger partial charge in [0, 0.05) is 17.1 Å². The lowest BCUT2D eigenvalue weighted by atomic mass is 9.92. The maximum atomic E-state index is 5.99. The lowest BCUT2D eigenvalue weighted by Gasteiger charge is -2.29. The first kappa shape index (κ1) is 9.68. The highest BCUT2D eigenvalue weighted by Gasteiger charge is 2.26. The van der Waals surface area contributed by atoms with E-state index >= 15 is 0 Å². The van der Waals surface area contributed by atoms with Gasteiger partial charge in [0.1, 0.15) is 0 Å². The van der Waals surface area contributed by atoms with E-state index in [0.717, 1.165) is 17.5 Å². The summed E-state index contributed by atoms with van der Waals surface area (Å²) >= 11 is 5.99. The second-order valence-corrected chi connectivity index (χ2v) is 5.25. The fourth-order valence-electron chi connectivity index (χ4n) is 2.61. The molecule has 0 aromatic heterocycles. The molecular weight excluding hydrogens is 206 g/mol. The number of fused-ring (bicyclic) bond motifs is 1. The van der Waals surface area contributed by atoms with Crippen molar-refractivity contribution in [3.05, 3.63) is 34.3 Å². The van der Waals surface area contributed by atoms with Crippen LogP contribution in [0.3, 0.4) is 0 Å². The minimum atomic E-state index is 0.656. The molecule has 0 bridgehead atoms. The molecule has 1 saturated carbocycles. The third kappa shape index (κ3) is 1.91. The number of rotatable bonds is 2. The Morgan fingerprint density at radius 2 is 1.87 bits per heavy atom. The SMILES string of the molecule is Clc1ccc2c(c1)CC(NC1CCC1)C2. The summed E-state index contributed by atoms with van der Waals surface area (Å²) in [6.07, 6.45) is 6.49. The zero-order valence-corrected chi connectivity index (χ0v) is 9.56. The Balaban J connectivity index is 1.68. The first-order valence-electron chi connectivity index (χ1n) is 5.84. The zero-order chi connectivity index (χ0) is 10.3. The van der Waals surface area contributed by atoms with E-state index in [1.807, 2.05) is 6.07 Å². The molecule has 1 unspecified atom stereocenters. The van der Waals surface area contributed by atoms with Gasteiger partial charge in [0.15, 0.2) is 0 Å². The number of halogens is 1. The minimum absolute atomic E-state index is 0.656. The topological polar surface area (TPSA) is 12.0 Å². The van der Waals surface area contributed by atoms with E-state index in [9.17, 15) is 0 Å². The summed E-state index contributed by atoms with van der Waals surface area (Å²) in [5.74, 6) is 0. The second-order valence-electron chi connectivity index (χ2n) is 4.81. The molecule has 1 fully saturated rings. The summed E-state index contributed by atoms with van der Waals surface area (Å²) in [5, 5.41) is 4.61. The van der Waals surface area contributed by atoms with Gasteiger partial charge in [-0.2, -0.15) is 0 Å². The monoisotopic (exact) mass is 221 g/mol. The maximum absolute atomic E-state index is 5.99. The highest BCUT2D eigenvalue weighted by atomic mass is 35.5. The Morgan fingerprint density at radius 1 is 1.07 bits per heavy atom. The summed E-state index contributed by atoms with van der Waals surface area (Å²) in [4.78, 5) is 0. The van der Waals surface area contributed by atoms with E-state index < -0.39 is 0 Å². The van der Waals surface area contributed by atoms with E-state index in [1.54, 1.807) is 0 Å². The highest BCUT2D eigenvalue weighted by Crippen LogP contribution is 2.27. The van der Waals surface area contributed by atoms with Gasteiger partial charge in [-0.3, -0.25) is 0 Å². The van der Waals surface area contributed by atoms with Crippen molar-refractivity contribution < 1.29 is 0 Å². The van der Waals surface area contributed by atoms with Crippen molar-refractivity contribution in [2.45, 2.75) is 44.2 Å². The van der Waals surface area contributed by atoms with Crippen LogP contribution >= 0.6 is 11.6 Å². The largest absolute Gasteiger partial charge is 0.311 e. The molecule has 80 valence electrons. The van der Waals surface area contributed by atoms with Crippen LogP contribution < -0.4 is 5.32 Å². The number of hydrogen-bond acceptors (Lipinski definition) is 1. The molecule has 0 radical (unpaired) electrons. The summed E-state index contributed by atoms with van der Waals surface area (Å²) in [6.45, 7) is 0. The van der Waals surface area contributed by atoms with Crippen molar-refractivity contribution in [2.24, 2.45) is 0 Å². The van der Waals surface area contributed by atoms with Crippen molar-refractivity contribution in [1.82, 2.24) is 5.32 Å². The molecule has 0 amide bonds. The number of hydrogen-bond donors (Lipinski definition) is 1. The third-order valence-electron chi connectivity index (χ3n) is 3.68. The van der Waals surface area contributed by atoms with Crippen LogP contribution in [0.1, 0.15) is 30.4 Å². The van der Waals surface area contributed by atoms with Crippen molar-refractivity contribution >= 4 is 11.6 Å². The van der Waals surface area contributed by atoms with Gasteiger partial charge in [0.25, 0.3) is 0 Å². The first-order valence-corrected chi connectivity index (χ1v) is 6.22. The molecule has 1 atom stereocenters. The van der Waals surface area contributed by atoms with Crippen LogP contribution in [0, 0.1) is 0 Å². The fraction of sp³-hybridized carbons (Fsp3) is 0.538. The summed E-state index contributed by atoms with van der Waals surface area (Å²) in [5.41, 5.74) is 2.93. The average molecular weight is 222 g/mol. The quantitative estimate of drug-likeness (QED) is 0.810. The van der Waals surface area contributed by atoms with Gasteiger partial charge in [-0.25, -0.2) is 0 Å². The molecule has 1 N–H and O–H groups in total. The third-order valence-corrected chi connectivity index (χ3v) is 3.91. The molecule has 1 aromatic carbocycles. The normalized spacial score (nSPS) is 25.0. The van der Waals surface area contributed by atoms with E-state index in [4.69, 9.17) is 11.6 Å². The van der Waals surface area contributed by atoms with E-state index in [1.165, 1.54) is 36.8 Å². The Kier molecular flexibility index (Phi) is 2.45. The molecule has 2 aliphatic carbocycles. The lowest BCUT2D eigenvalue weighted by molar-refractivity contribution is 0.306. The van der Waals surface area contributed by atoms with Gasteiger partial charge in [-0.15, -0.1) is 0 Å². The number of nitrogens with one attached hydrogen (secondary N) is 1. The van der Waals surface area contributed by atoms with Crippen LogP contribution in [-0.4, -0.2) is 12.1 Å². The summed E-state index contributed by atoms with van der Waals surface area (Å²) < 4.78 is 0. The highest BCUT2D eigenvalue weighted by molar-refractivity contribution is 6.30. The lowest BCUT2D eigenvalue weighted by Crippen LogP contribution is -2.42. The molecular formula is C13H16ClN. The Labute approximate surface area is 95.8 Å². The molecule has 2 heteroatoms. The number of benzene rings is 1. The molecule has 0 heterocycles. The van der Waals surface area contributed by atoms with Crippen LogP contribution in [0.5, 0.6) is 0 Å². The molecule has 15 heavy (non-hydrogen) atoms. The zero-order valence-electron chi connectivity index (χ0n) is 8.80. The van der Waals surface area contributed by atoms with Crippen LogP contribution in [0.25, 0.3) is 0 Å². The van der Waals surface area contributed by atoms with Gasteiger partial charge < -0.3 is 5.32 Å². The smallest absolute Gasteiger partial charge is 0.0408 e. The van der Waals surface area contributed by atoms with Crippen LogP contribution in [-0.2, 0) is 12.8 Å². The van der Waals surface area contributed by atoms with E-state index in [2.05, 4.69) is 17.4 Å². The van der Waals surface area contributed by atoms with Crippen molar-refractivity contribution in [1.29, 1.82) is 0 Å². The first-order chi connectivity index (χ1) is 7.31. The minimum Gasteiger partial charge on any atom is -0.311 e. The molecule has 0 aliphatic heterocycles. The maximum Gasteiger partial charge on any atom is 0.0408 e. The van der Waals surface area contributed by atoms with Gasteiger partial charge in [-0.1, -0.05) is 24.1 Å². The van der Waals surface area contributed by atoms with Gasteiger partial charge in [0.2, 0.25) is 0 Å². The van der Waals surface area contributed by atoms with Gasteiger partial charge in [0.05, 0.1) is 0 Å². The van der Waals surface area contributed by atoms with E-state index in [-0.39, 0.29) is 0 Å². The average Bonchev–Trinajstić information content (AvgIpc) is 2.53. The Bertz CT molecular complexity index is 371. The summed E-state index contributed by atoms with van der Waals surface area (Å²) in [6, 6.07) is 7.76. The van der Waals surface area contributed by atoms with Gasteiger partial charge >= 0.3 is 0 Å². The molecule has 0 spiro atoms. The van der Waals surface area contributed by atoms with E-state index in [0.29, 0.717) is 6.04 Å². The van der Waals surface area contributed by atoms with Crippen molar-refractivity contribution in [3.8, 4) is 0 Å². The molecule has 3 rings (SSSR count).